The van der Waals surface area contributed by atoms with Gasteiger partial charge >= 0.3 is 0 Å². The smallest absolute Gasteiger partial charge is 0.299 e. The SMILES string of the molecule is [2H]C(C)(C)c1ccc2c(n1)oc1c(-c3n(-c4ccccc4C([2H])(C)C([2H])([2H])[2H])c4ccccc4[n+]3C)c(C)ccc12.[2H]C([2H])([2H])C([2H])(C)c1ccc2c(n1)oc1c(-c3n(-c4c(C([2H])(C)C([2H])([2H])[2H])cccc4C([2H])(C)C([2H])([2H])[2H])c4ccccc4[n+]3C)c(C)ccc12.[2H]C([2H])([2H])C([2H])(C)c1cccc(C([2H])(C)C([2H])([2H])[2H])c1-n1c(-c2c(C)ccc3c2oc2nc(C)ccc23)[n+](C)c2ccccc21.[2H]C([2H])([2H])C([2H])(C)c1cccc(C([2H])(C)C([2H])([2H])[2H])c1-n1c(-c2c(C)ccc3c2oc2ncccc23)[n+](C)c2ccccc21. The number of pyridine rings is 4. The second kappa shape index (κ2) is 38.9. The fourth-order valence-corrected chi connectivity index (χ4v) is 21.4. The van der Waals surface area contributed by atoms with E-state index >= 15 is 0 Å². The number of rotatable bonds is 17. The maximum absolute atomic E-state index is 9.25. The molecule has 0 aliphatic carbocycles. The van der Waals surface area contributed by atoms with Crippen LogP contribution in [0.1, 0.15) is 301 Å². The van der Waals surface area contributed by atoms with Crippen molar-refractivity contribution in [2.75, 3.05) is 0 Å². The lowest BCUT2D eigenvalue weighted by Crippen LogP contribution is -2.30. The van der Waals surface area contributed by atoms with Crippen LogP contribution in [0.5, 0.6) is 0 Å². The summed E-state index contributed by atoms with van der Waals surface area (Å²) >= 11 is 0. The molecule has 0 saturated carbocycles. The van der Waals surface area contributed by atoms with E-state index in [1.165, 1.54) is 91.8 Å². The summed E-state index contributed by atoms with van der Waals surface area (Å²) in [5, 5.41) is 6.31. The molecule has 0 N–H and O–H groups in total. The zero-order valence-corrected chi connectivity index (χ0v) is 86.1. The molecular formula is C132H136N12O4+4. The van der Waals surface area contributed by atoms with Crippen LogP contribution in [0.2, 0.25) is 0 Å². The molecule has 0 saturated heterocycles. The van der Waals surface area contributed by atoms with Gasteiger partial charge in [0.05, 0.1) is 28.2 Å². The molecule has 0 fully saturated rings. The van der Waals surface area contributed by atoms with Gasteiger partial charge in [-0.25, -0.2) is 38.2 Å². The third-order valence-electron chi connectivity index (χ3n) is 28.5. The molecule has 12 heterocycles. The van der Waals surface area contributed by atoms with Crippen molar-refractivity contribution in [3.05, 3.63) is 357 Å². The Morgan fingerprint density at radius 2 is 0.520 bits per heavy atom. The van der Waals surface area contributed by atoms with Crippen LogP contribution < -0.4 is 18.3 Å². The van der Waals surface area contributed by atoms with E-state index in [-0.39, 0.29) is 61.9 Å². The molecule has 744 valence electrons. The Morgan fingerprint density at radius 3 is 0.865 bits per heavy atom. The molecule has 12 aromatic carbocycles. The number of nitrogens with zero attached hydrogens (tertiary/aromatic N) is 12. The second-order valence-electron chi connectivity index (χ2n) is 38.7. The van der Waals surface area contributed by atoms with E-state index in [9.17, 15) is 8.22 Å². The van der Waals surface area contributed by atoms with Gasteiger partial charge in [-0.05, 0) is 213 Å². The molecule has 0 amide bonds. The number of hydrogen-bond acceptors (Lipinski definition) is 8. The molecule has 24 aromatic rings. The van der Waals surface area contributed by atoms with Gasteiger partial charge in [0.15, 0.2) is 66.5 Å². The van der Waals surface area contributed by atoms with Crippen LogP contribution in [0.25, 0.3) is 201 Å². The summed E-state index contributed by atoms with van der Waals surface area (Å²) in [5.41, 5.74) is 19.0. The van der Waals surface area contributed by atoms with Crippen molar-refractivity contribution < 1.29 is 81.2 Å². The van der Waals surface area contributed by atoms with Crippen molar-refractivity contribution in [2.45, 2.75) is 212 Å². The Hall–Kier alpha value is -15.7. The van der Waals surface area contributed by atoms with Crippen molar-refractivity contribution in [3.8, 4) is 68.3 Å². The molecule has 8 atom stereocenters. The van der Waals surface area contributed by atoms with Crippen molar-refractivity contribution >= 4 is 132 Å². The van der Waals surface area contributed by atoms with Crippen molar-refractivity contribution in [2.24, 2.45) is 28.2 Å². The van der Waals surface area contributed by atoms with E-state index in [1.54, 1.807) is 83.8 Å². The quantitative estimate of drug-likeness (QED) is 0.0821. The molecule has 148 heavy (non-hydrogen) atoms. The van der Waals surface area contributed by atoms with Crippen molar-refractivity contribution in [1.82, 2.24) is 38.2 Å². The fraction of sp³-hybridized carbons (Fsp3) is 0.273. The van der Waals surface area contributed by atoms with E-state index in [0.29, 0.717) is 123 Å². The van der Waals surface area contributed by atoms with Gasteiger partial charge in [-0.3, -0.25) is 0 Å². The zero-order chi connectivity index (χ0) is 132. The lowest BCUT2D eigenvalue weighted by Gasteiger charge is -2.18. The summed E-state index contributed by atoms with van der Waals surface area (Å²) < 4.78 is 321. The molecule has 8 unspecified atom stereocenters. The maximum Gasteiger partial charge on any atom is 0.299 e. The van der Waals surface area contributed by atoms with Gasteiger partial charge in [0.1, 0.15) is 45.0 Å². The standard InChI is InChI=1S/C35H38N3O.C33H34N3O.2C32H32N3O/c1-20(2)24-12-11-13-25(21(3)4)32(24)38-30-15-10-9-14-29(30)37(8)35(38)31-23(7)16-17-26-27-18-19-28(22(5)6)36-34(27)39-33(26)31;1-19(2)23-11-10-12-24(20(3)4)30(23)36-28-14-9-8-13-27(28)35(7)33(36)29-21(5)15-17-25-26-18-16-22(6)34-32(26)37-31(25)29;1-19(2)22-11-9-12-23(20(3)4)29(22)35-27-15-8-7-14-26(27)34(6)32(35)28-21(5)16-17-24-25-13-10-18-33-31(25)36-30(24)28;1-19(2)22-11-7-8-12-26(22)35-28-14-10-9-13-27(28)34(6)32(35)29-21(5)15-16-23-24-17-18-25(20(3)4)33-31(24)36-30(23)29/h9-22H,1-8H3;8-20H,1-7H3;2*7-20H,1-6H3/q4*+1/i1D3,3D3,5D3,20D,21D,22D;2*1D3,3D3,19D,20D;1D3,19D,20D. The zero-order valence-electron chi connectivity index (χ0n) is 119. The van der Waals surface area contributed by atoms with Crippen LogP contribution in [0, 0.1) is 34.6 Å². The van der Waals surface area contributed by atoms with Crippen LogP contribution in [0.4, 0.5) is 0 Å². The Kier molecular flexibility index (Phi) is 17.5. The predicted octanol–water partition coefficient (Wildman–Crippen LogP) is 33.3. The molecular weight excluding hydrogens is 1820 g/mol. The maximum atomic E-state index is 9.25. The van der Waals surface area contributed by atoms with E-state index in [4.69, 9.17) is 59.7 Å². The molecule has 0 aliphatic heterocycles. The first-order valence-electron chi connectivity index (χ1n) is 65.7. The molecule has 0 bridgehead atoms. The number of imidazole rings is 4. The molecule has 12 aromatic heterocycles. The minimum atomic E-state index is -2.84. The van der Waals surface area contributed by atoms with E-state index in [0.717, 1.165) is 93.7 Å². The number of fused-ring (bicyclic) bond motifs is 16. The lowest BCUT2D eigenvalue weighted by atomic mass is 9.92. The lowest BCUT2D eigenvalue weighted by molar-refractivity contribution is -0.633. The highest BCUT2D eigenvalue weighted by Gasteiger charge is 2.40. The van der Waals surface area contributed by atoms with Crippen LogP contribution in [-0.4, -0.2) is 38.2 Å². The third kappa shape index (κ3) is 16.5. The van der Waals surface area contributed by atoms with Crippen molar-refractivity contribution in [3.63, 3.8) is 0 Å². The Bertz CT molecular complexity index is 10800. The summed E-state index contributed by atoms with van der Waals surface area (Å²) in [6.07, 6.45) is 1.66. The van der Waals surface area contributed by atoms with Gasteiger partial charge in [-0.1, -0.05) is 294 Å². The number of furan rings is 4. The van der Waals surface area contributed by atoms with Crippen LogP contribution in [-0.2, 0) is 28.2 Å². The monoisotopic (exact) mass is 1990 g/mol. The van der Waals surface area contributed by atoms with Gasteiger partial charge in [0.2, 0.25) is 22.9 Å². The van der Waals surface area contributed by atoms with Crippen molar-refractivity contribution in [1.29, 1.82) is 0 Å². The van der Waals surface area contributed by atoms with Crippen LogP contribution in [0.15, 0.2) is 297 Å². The minimum Gasteiger partial charge on any atom is -0.437 e. The van der Waals surface area contributed by atoms with E-state index < -0.39 is 108 Å². The highest BCUT2D eigenvalue weighted by molar-refractivity contribution is 6.13. The van der Waals surface area contributed by atoms with E-state index in [1.807, 2.05) is 262 Å². The molecule has 24 rings (SSSR count). The number of benzene rings is 12. The third-order valence-corrected chi connectivity index (χ3v) is 28.5. The highest BCUT2D eigenvalue weighted by atomic mass is 16.4. The topological polar surface area (TPSA) is 139 Å². The number of hydrogen-bond donors (Lipinski definition) is 0. The first-order chi connectivity index (χ1) is 83.9. The molecule has 0 spiro atoms. The summed E-state index contributed by atoms with van der Waals surface area (Å²) in [4.78, 5) is 18.3. The van der Waals surface area contributed by atoms with Gasteiger partial charge in [-0.15, -0.1) is 0 Å². The summed E-state index contributed by atoms with van der Waals surface area (Å²) in [7, 11) is 7.55. The number of para-hydroxylation sites is 12. The predicted molar refractivity (Wildman–Crippen MR) is 610 cm³/mol. The molecule has 16 nitrogen and oxygen atoms in total. The summed E-state index contributed by atoms with van der Waals surface area (Å²) in [6, 6.07) is 81.7. The first-order valence-corrected chi connectivity index (χ1v) is 49.2. The van der Waals surface area contributed by atoms with Gasteiger partial charge in [0, 0.05) is 151 Å². The number of aryl methyl sites for hydroxylation is 9. The van der Waals surface area contributed by atoms with Gasteiger partial charge < -0.3 is 17.7 Å². The average molecular weight is 1990 g/mol. The highest BCUT2D eigenvalue weighted by Crippen LogP contribution is 2.49. The first kappa shape index (κ1) is 66.4. The minimum absolute atomic E-state index is 0.00404. The van der Waals surface area contributed by atoms with E-state index in [2.05, 4.69) is 25.6 Å². The van der Waals surface area contributed by atoms with Gasteiger partial charge in [-0.2, -0.15) is 18.3 Å². The Morgan fingerprint density at radius 1 is 0.250 bits per heavy atom. The second-order valence-corrected chi connectivity index (χ2v) is 38.7. The molecule has 0 aliphatic rings. The summed E-state index contributed by atoms with van der Waals surface area (Å²) in [5.74, 6) is -15.5. The summed E-state index contributed by atoms with van der Waals surface area (Å²) in [6.45, 7) is 1.76. The normalized spacial score (nSPS) is 19.4. The van der Waals surface area contributed by atoms with Crippen LogP contribution in [0.3, 0.4) is 0 Å². The average Bonchev–Trinajstić information content (AvgIpc) is 1.55. The largest absolute Gasteiger partial charge is 0.437 e. The Labute approximate surface area is 913 Å². The Balaban J connectivity index is 0.000000136. The number of aromatic nitrogens is 12. The molecule has 16 heteroatoms. The molecule has 0 radical (unpaired) electrons. The van der Waals surface area contributed by atoms with Crippen LogP contribution >= 0.6 is 0 Å². The van der Waals surface area contributed by atoms with Gasteiger partial charge in [0.25, 0.3) is 23.3 Å². The fourth-order valence-electron chi connectivity index (χ4n) is 21.4.